The van der Waals surface area contributed by atoms with Crippen molar-refractivity contribution in [1.82, 2.24) is 4.90 Å². The number of aliphatic carboxylic acids is 1. The third-order valence-corrected chi connectivity index (χ3v) is 4.86. The Morgan fingerprint density at radius 2 is 2.06 bits per heavy atom. The van der Waals surface area contributed by atoms with Crippen LogP contribution in [0.25, 0.3) is 0 Å². The zero-order valence-corrected chi connectivity index (χ0v) is 12.3. The summed E-state index contributed by atoms with van der Waals surface area (Å²) in [5, 5.41) is 9.08. The molecule has 5 nitrogen and oxygen atoms in total. The van der Waals surface area contributed by atoms with Crippen molar-refractivity contribution in [3.63, 3.8) is 0 Å². The van der Waals surface area contributed by atoms with E-state index in [1.165, 1.54) is 23.6 Å². The van der Waals surface area contributed by atoms with Gasteiger partial charge in [0.1, 0.15) is 6.04 Å². The van der Waals surface area contributed by atoms with Crippen molar-refractivity contribution in [2.24, 2.45) is 0 Å². The quantitative estimate of drug-likeness (QED) is 0.844. The van der Waals surface area contributed by atoms with E-state index < -0.39 is 16.9 Å². The van der Waals surface area contributed by atoms with Crippen LogP contribution in [-0.2, 0) is 14.4 Å². The Morgan fingerprint density at radius 3 is 2.56 bits per heavy atom. The second kappa shape index (κ2) is 5.97. The molecule has 1 heterocycles. The van der Waals surface area contributed by atoms with E-state index in [-0.39, 0.29) is 17.4 Å². The lowest BCUT2D eigenvalue weighted by Crippen LogP contribution is -2.49. The standard InChI is InChI=1S/C11H17NO4S2/c1-7(13)17-5-4-9(14)12-8(10(15)16)6-18-11(12,2)3/h8H,4-6H2,1-3H3,(H,15,16)/t8-/m0/s1. The summed E-state index contributed by atoms with van der Waals surface area (Å²) in [5.74, 6) is -0.363. The van der Waals surface area contributed by atoms with Gasteiger partial charge in [-0.25, -0.2) is 4.79 Å². The number of carbonyl (C=O) groups is 3. The number of amides is 1. The van der Waals surface area contributed by atoms with Gasteiger partial charge in [-0.2, -0.15) is 0 Å². The number of hydrogen-bond acceptors (Lipinski definition) is 5. The van der Waals surface area contributed by atoms with Crippen molar-refractivity contribution in [1.29, 1.82) is 0 Å². The van der Waals surface area contributed by atoms with Crippen LogP contribution in [0.5, 0.6) is 0 Å². The fourth-order valence-electron chi connectivity index (χ4n) is 1.86. The predicted octanol–water partition coefficient (Wildman–Crippen LogP) is 1.42. The van der Waals surface area contributed by atoms with Gasteiger partial charge in [-0.15, -0.1) is 11.8 Å². The van der Waals surface area contributed by atoms with Crippen molar-refractivity contribution in [2.45, 2.75) is 38.1 Å². The number of carbonyl (C=O) groups excluding carboxylic acids is 2. The molecule has 1 aliphatic heterocycles. The summed E-state index contributed by atoms with van der Waals surface area (Å²) in [6.07, 6.45) is 0.192. The monoisotopic (exact) mass is 291 g/mol. The summed E-state index contributed by atoms with van der Waals surface area (Å²) in [6, 6.07) is -0.764. The molecule has 0 aromatic rings. The summed E-state index contributed by atoms with van der Waals surface area (Å²) in [5.41, 5.74) is 0. The largest absolute Gasteiger partial charge is 0.480 e. The number of carboxylic acids is 1. The molecule has 0 saturated carbocycles. The van der Waals surface area contributed by atoms with Gasteiger partial charge in [-0.1, -0.05) is 11.8 Å². The summed E-state index contributed by atoms with van der Waals surface area (Å²) < 4.78 is 0. The zero-order valence-electron chi connectivity index (χ0n) is 10.6. The van der Waals surface area contributed by atoms with Crippen LogP contribution in [0.1, 0.15) is 27.2 Å². The molecule has 7 heteroatoms. The molecule has 0 bridgehead atoms. The summed E-state index contributed by atoms with van der Waals surface area (Å²) in [6.45, 7) is 5.14. The summed E-state index contributed by atoms with van der Waals surface area (Å²) in [4.78, 5) is 34.9. The number of carboxylic acid groups (broad SMARTS) is 1. The molecule has 0 aromatic heterocycles. The van der Waals surface area contributed by atoms with E-state index in [1.807, 2.05) is 13.8 Å². The van der Waals surface area contributed by atoms with Crippen LogP contribution in [0.4, 0.5) is 0 Å². The normalized spacial score (nSPS) is 21.9. The van der Waals surface area contributed by atoms with Gasteiger partial charge in [0.05, 0.1) is 4.87 Å². The molecule has 1 aliphatic rings. The third kappa shape index (κ3) is 3.65. The second-order valence-electron chi connectivity index (χ2n) is 4.47. The maximum Gasteiger partial charge on any atom is 0.327 e. The average molecular weight is 291 g/mol. The van der Waals surface area contributed by atoms with Gasteiger partial charge in [0.25, 0.3) is 0 Å². The Bertz CT molecular complexity index is 370. The van der Waals surface area contributed by atoms with Crippen LogP contribution in [-0.4, -0.2) is 49.4 Å². The van der Waals surface area contributed by atoms with Gasteiger partial charge in [0.2, 0.25) is 5.91 Å². The van der Waals surface area contributed by atoms with Crippen molar-refractivity contribution < 1.29 is 19.5 Å². The van der Waals surface area contributed by atoms with Crippen LogP contribution in [0.15, 0.2) is 0 Å². The first kappa shape index (κ1) is 15.4. The zero-order chi connectivity index (χ0) is 13.9. The molecule has 0 aromatic carbocycles. The maximum atomic E-state index is 12.1. The van der Waals surface area contributed by atoms with Crippen LogP contribution < -0.4 is 0 Å². The van der Waals surface area contributed by atoms with Crippen LogP contribution in [0.2, 0.25) is 0 Å². The fraction of sp³-hybridized carbons (Fsp3) is 0.727. The minimum atomic E-state index is -0.972. The molecule has 1 fully saturated rings. The Morgan fingerprint density at radius 1 is 1.44 bits per heavy atom. The highest BCUT2D eigenvalue weighted by Gasteiger charge is 2.46. The number of hydrogen-bond donors (Lipinski definition) is 1. The molecule has 0 aliphatic carbocycles. The molecule has 1 saturated heterocycles. The van der Waals surface area contributed by atoms with E-state index in [0.717, 1.165) is 11.8 Å². The molecule has 18 heavy (non-hydrogen) atoms. The van der Waals surface area contributed by atoms with E-state index in [1.54, 1.807) is 0 Å². The SMILES string of the molecule is CC(=O)SCCC(=O)N1[C@H](C(=O)O)CSC1(C)C. The minimum Gasteiger partial charge on any atom is -0.480 e. The molecule has 1 rings (SSSR count). The van der Waals surface area contributed by atoms with E-state index in [4.69, 9.17) is 5.11 Å². The molecule has 1 amide bonds. The first-order valence-corrected chi connectivity index (χ1v) is 7.55. The van der Waals surface area contributed by atoms with Crippen LogP contribution in [0.3, 0.4) is 0 Å². The van der Waals surface area contributed by atoms with E-state index in [2.05, 4.69) is 0 Å². The topological polar surface area (TPSA) is 74.7 Å². The molecular weight excluding hydrogens is 274 g/mol. The van der Waals surface area contributed by atoms with Crippen LogP contribution in [0, 0.1) is 0 Å². The Labute approximate surface area is 115 Å². The molecule has 102 valence electrons. The van der Waals surface area contributed by atoms with Gasteiger partial charge < -0.3 is 10.0 Å². The molecule has 1 N–H and O–H groups in total. The third-order valence-electron chi connectivity index (χ3n) is 2.66. The smallest absolute Gasteiger partial charge is 0.327 e. The minimum absolute atomic E-state index is 0.0346. The number of nitrogens with zero attached hydrogens (tertiary/aromatic N) is 1. The van der Waals surface area contributed by atoms with Crippen molar-refractivity contribution in [2.75, 3.05) is 11.5 Å². The average Bonchev–Trinajstić information content (AvgIpc) is 2.53. The van der Waals surface area contributed by atoms with Gasteiger partial charge in [-0.05, 0) is 13.8 Å². The first-order chi connectivity index (χ1) is 8.25. The molecule has 0 spiro atoms. The predicted molar refractivity (Wildman–Crippen MR) is 72.6 cm³/mol. The second-order valence-corrected chi connectivity index (χ2v) is 7.36. The lowest BCUT2D eigenvalue weighted by Gasteiger charge is -2.33. The maximum absolute atomic E-state index is 12.1. The van der Waals surface area contributed by atoms with Crippen LogP contribution >= 0.6 is 23.5 Å². The highest BCUT2D eigenvalue weighted by atomic mass is 32.2. The van der Waals surface area contributed by atoms with Gasteiger partial charge >= 0.3 is 5.97 Å². The highest BCUT2D eigenvalue weighted by Crippen LogP contribution is 2.39. The molecular formula is C11H17NO4S2. The number of thioether (sulfide) groups is 2. The van der Waals surface area contributed by atoms with Gasteiger partial charge in [0, 0.05) is 24.9 Å². The molecule has 0 unspecified atom stereocenters. The Hall–Kier alpha value is -0.690. The number of rotatable bonds is 4. The highest BCUT2D eigenvalue weighted by molar-refractivity contribution is 8.13. The molecule has 1 atom stereocenters. The lowest BCUT2D eigenvalue weighted by molar-refractivity contribution is -0.150. The van der Waals surface area contributed by atoms with Gasteiger partial charge in [0.15, 0.2) is 5.12 Å². The fourth-order valence-corrected chi connectivity index (χ4v) is 3.65. The van der Waals surface area contributed by atoms with Crippen molar-refractivity contribution >= 4 is 40.5 Å². The van der Waals surface area contributed by atoms with E-state index in [0.29, 0.717) is 11.5 Å². The Kier molecular flexibility index (Phi) is 5.10. The van der Waals surface area contributed by atoms with Gasteiger partial charge in [-0.3, -0.25) is 9.59 Å². The Balaban J connectivity index is 2.67. The summed E-state index contributed by atoms with van der Waals surface area (Å²) >= 11 is 2.55. The lowest BCUT2D eigenvalue weighted by atomic mass is 10.2. The van der Waals surface area contributed by atoms with Crippen molar-refractivity contribution in [3.8, 4) is 0 Å². The van der Waals surface area contributed by atoms with E-state index in [9.17, 15) is 14.4 Å². The molecule has 0 radical (unpaired) electrons. The summed E-state index contributed by atoms with van der Waals surface area (Å²) in [7, 11) is 0. The van der Waals surface area contributed by atoms with E-state index >= 15 is 0 Å². The first-order valence-electron chi connectivity index (χ1n) is 5.58. The van der Waals surface area contributed by atoms with Crippen molar-refractivity contribution in [3.05, 3.63) is 0 Å².